The van der Waals surface area contributed by atoms with Gasteiger partial charge in [0.25, 0.3) is 0 Å². The summed E-state index contributed by atoms with van der Waals surface area (Å²) in [6, 6.07) is 9.05. The quantitative estimate of drug-likeness (QED) is 0.577. The summed E-state index contributed by atoms with van der Waals surface area (Å²) < 4.78 is 5.25. The van der Waals surface area contributed by atoms with E-state index in [9.17, 15) is 9.90 Å². The summed E-state index contributed by atoms with van der Waals surface area (Å²) in [5.41, 5.74) is 0. The molecule has 3 nitrogen and oxygen atoms in total. The maximum Gasteiger partial charge on any atom is 0.311 e. The molecule has 0 aliphatic carbocycles. The lowest BCUT2D eigenvalue weighted by Gasteiger charge is -2.20. The molecule has 0 spiro atoms. The van der Waals surface area contributed by atoms with Crippen molar-refractivity contribution in [2.45, 2.75) is 52.1 Å². The van der Waals surface area contributed by atoms with Crippen molar-refractivity contribution in [3.05, 3.63) is 30.3 Å². The summed E-state index contributed by atoms with van der Waals surface area (Å²) >= 11 is 0. The number of rotatable bonds is 8. The predicted octanol–water partition coefficient (Wildman–Crippen LogP) is 3.56. The van der Waals surface area contributed by atoms with E-state index in [2.05, 4.69) is 6.92 Å². The van der Waals surface area contributed by atoms with Crippen molar-refractivity contribution in [1.82, 2.24) is 0 Å². The van der Waals surface area contributed by atoms with Gasteiger partial charge in [-0.25, -0.2) is 0 Å². The molecule has 0 heterocycles. The zero-order chi connectivity index (χ0) is 14.1. The van der Waals surface area contributed by atoms with Crippen LogP contribution in [0.4, 0.5) is 0 Å². The van der Waals surface area contributed by atoms with Crippen molar-refractivity contribution in [2.75, 3.05) is 0 Å². The van der Waals surface area contributed by atoms with Crippen LogP contribution in [0.3, 0.4) is 0 Å². The fourth-order valence-corrected chi connectivity index (χ4v) is 2.08. The van der Waals surface area contributed by atoms with E-state index in [0.29, 0.717) is 5.75 Å². The van der Waals surface area contributed by atoms with Gasteiger partial charge in [-0.05, 0) is 24.5 Å². The van der Waals surface area contributed by atoms with Crippen LogP contribution in [0, 0.1) is 5.92 Å². The summed E-state index contributed by atoms with van der Waals surface area (Å²) in [7, 11) is 0. The number of unbranched alkanes of at least 4 members (excludes halogenated alkanes) is 1. The predicted molar refractivity (Wildman–Crippen MR) is 76.0 cm³/mol. The second kappa shape index (κ2) is 8.70. The minimum Gasteiger partial charge on any atom is -0.427 e. The van der Waals surface area contributed by atoms with Crippen molar-refractivity contribution in [2.24, 2.45) is 5.92 Å². The van der Waals surface area contributed by atoms with Gasteiger partial charge in [-0.1, -0.05) is 51.3 Å². The van der Waals surface area contributed by atoms with Crippen molar-refractivity contribution < 1.29 is 14.6 Å². The van der Waals surface area contributed by atoms with E-state index in [0.717, 1.165) is 25.7 Å². The molecule has 0 aliphatic heterocycles. The molecular formula is C16H24O3. The lowest BCUT2D eigenvalue weighted by atomic mass is 9.92. The van der Waals surface area contributed by atoms with E-state index in [1.165, 1.54) is 0 Å². The van der Waals surface area contributed by atoms with E-state index in [-0.39, 0.29) is 18.3 Å². The molecule has 1 N–H and O–H groups in total. The Bertz CT molecular complexity index is 362. The Balaban J connectivity index is 2.44. The molecule has 1 aromatic rings. The summed E-state index contributed by atoms with van der Waals surface area (Å²) in [4.78, 5) is 11.8. The average Bonchev–Trinajstić information content (AvgIpc) is 2.43. The van der Waals surface area contributed by atoms with Gasteiger partial charge in [0.15, 0.2) is 0 Å². The number of benzene rings is 1. The molecule has 0 aliphatic rings. The maximum absolute atomic E-state index is 11.8. The standard InChI is InChI=1S/C16H24O3/c1-3-5-11-15(17)13(4-2)12-16(18)19-14-9-7-6-8-10-14/h6-10,13,15,17H,3-5,11-12H2,1-2H3. The highest BCUT2D eigenvalue weighted by Crippen LogP contribution is 2.20. The number of para-hydroxylation sites is 1. The van der Waals surface area contributed by atoms with Crippen LogP contribution in [0.15, 0.2) is 30.3 Å². The van der Waals surface area contributed by atoms with Crippen LogP contribution in [-0.4, -0.2) is 17.2 Å². The molecule has 2 unspecified atom stereocenters. The smallest absolute Gasteiger partial charge is 0.311 e. The van der Waals surface area contributed by atoms with Crippen LogP contribution in [0.2, 0.25) is 0 Å². The lowest BCUT2D eigenvalue weighted by molar-refractivity contribution is -0.136. The highest BCUT2D eigenvalue weighted by molar-refractivity contribution is 5.72. The van der Waals surface area contributed by atoms with E-state index >= 15 is 0 Å². The molecule has 106 valence electrons. The first-order chi connectivity index (χ1) is 9.17. The summed E-state index contributed by atoms with van der Waals surface area (Å²) in [5.74, 6) is 0.279. The number of hydrogen-bond acceptors (Lipinski definition) is 3. The van der Waals surface area contributed by atoms with Crippen LogP contribution >= 0.6 is 0 Å². The Morgan fingerprint density at radius 2 is 1.95 bits per heavy atom. The van der Waals surface area contributed by atoms with Gasteiger partial charge in [-0.3, -0.25) is 4.79 Å². The monoisotopic (exact) mass is 264 g/mol. The first-order valence-electron chi connectivity index (χ1n) is 7.11. The molecule has 3 heteroatoms. The largest absolute Gasteiger partial charge is 0.427 e. The zero-order valence-corrected chi connectivity index (χ0v) is 11.8. The normalized spacial score (nSPS) is 13.8. The van der Waals surface area contributed by atoms with Gasteiger partial charge < -0.3 is 9.84 Å². The van der Waals surface area contributed by atoms with Crippen molar-refractivity contribution in [1.29, 1.82) is 0 Å². The van der Waals surface area contributed by atoms with Gasteiger partial charge in [0.05, 0.1) is 12.5 Å². The third-order valence-electron chi connectivity index (χ3n) is 3.33. The highest BCUT2D eigenvalue weighted by Gasteiger charge is 2.21. The summed E-state index contributed by atoms with van der Waals surface area (Å²) in [5, 5.41) is 10.0. The van der Waals surface area contributed by atoms with E-state index < -0.39 is 6.10 Å². The number of aliphatic hydroxyl groups is 1. The number of ether oxygens (including phenoxy) is 1. The Morgan fingerprint density at radius 1 is 1.26 bits per heavy atom. The minimum absolute atomic E-state index is 0.0113. The Kier molecular flexibility index (Phi) is 7.19. The highest BCUT2D eigenvalue weighted by atomic mass is 16.5. The molecule has 2 atom stereocenters. The molecule has 0 bridgehead atoms. The van der Waals surface area contributed by atoms with Gasteiger partial charge in [0, 0.05) is 0 Å². The van der Waals surface area contributed by atoms with Gasteiger partial charge in [-0.15, -0.1) is 0 Å². The third kappa shape index (κ3) is 5.88. The molecule has 0 radical (unpaired) electrons. The Morgan fingerprint density at radius 3 is 2.53 bits per heavy atom. The molecule has 0 saturated carbocycles. The molecule has 1 aromatic carbocycles. The summed E-state index contributed by atoms with van der Waals surface area (Å²) in [6.45, 7) is 4.09. The zero-order valence-electron chi connectivity index (χ0n) is 11.8. The molecule has 0 fully saturated rings. The number of hydrogen-bond donors (Lipinski definition) is 1. The first-order valence-corrected chi connectivity index (χ1v) is 7.11. The minimum atomic E-state index is -0.409. The Hall–Kier alpha value is -1.35. The van der Waals surface area contributed by atoms with Gasteiger partial charge >= 0.3 is 5.97 Å². The van der Waals surface area contributed by atoms with Crippen LogP contribution in [0.5, 0.6) is 5.75 Å². The molecule has 0 amide bonds. The van der Waals surface area contributed by atoms with Crippen LogP contribution in [0.1, 0.15) is 46.0 Å². The van der Waals surface area contributed by atoms with Crippen molar-refractivity contribution in [3.8, 4) is 5.75 Å². The van der Waals surface area contributed by atoms with Crippen molar-refractivity contribution >= 4 is 5.97 Å². The number of esters is 1. The van der Waals surface area contributed by atoms with Crippen LogP contribution < -0.4 is 4.74 Å². The van der Waals surface area contributed by atoms with Gasteiger partial charge in [0.1, 0.15) is 5.75 Å². The summed E-state index contributed by atoms with van der Waals surface area (Å²) in [6.07, 6.45) is 3.46. The average molecular weight is 264 g/mol. The van der Waals surface area contributed by atoms with E-state index in [1.54, 1.807) is 12.1 Å². The van der Waals surface area contributed by atoms with Gasteiger partial charge in [0.2, 0.25) is 0 Å². The molecule has 0 aromatic heterocycles. The second-order valence-corrected chi connectivity index (χ2v) is 4.87. The Labute approximate surface area is 115 Å². The molecule has 0 saturated heterocycles. The van der Waals surface area contributed by atoms with E-state index in [4.69, 9.17) is 4.74 Å². The second-order valence-electron chi connectivity index (χ2n) is 4.87. The van der Waals surface area contributed by atoms with E-state index in [1.807, 2.05) is 25.1 Å². The molecule has 1 rings (SSSR count). The van der Waals surface area contributed by atoms with Crippen molar-refractivity contribution in [3.63, 3.8) is 0 Å². The fourth-order valence-electron chi connectivity index (χ4n) is 2.08. The SMILES string of the molecule is CCCCC(O)C(CC)CC(=O)Oc1ccccc1. The van der Waals surface area contributed by atoms with Crippen LogP contribution in [0.25, 0.3) is 0 Å². The molecular weight excluding hydrogens is 240 g/mol. The van der Waals surface area contributed by atoms with Gasteiger partial charge in [-0.2, -0.15) is 0 Å². The lowest BCUT2D eigenvalue weighted by Crippen LogP contribution is -2.24. The van der Waals surface area contributed by atoms with Crippen LogP contribution in [-0.2, 0) is 4.79 Å². The molecule has 19 heavy (non-hydrogen) atoms. The fraction of sp³-hybridized carbons (Fsp3) is 0.562. The number of carbonyl (C=O) groups is 1. The first kappa shape index (κ1) is 15.7. The third-order valence-corrected chi connectivity index (χ3v) is 3.33. The topological polar surface area (TPSA) is 46.5 Å². The number of carbonyl (C=O) groups excluding carboxylic acids is 1. The maximum atomic E-state index is 11.8. The number of aliphatic hydroxyl groups excluding tert-OH is 1.